The number of nitrogens with zero attached hydrogens (tertiary/aromatic N) is 2. The largest absolute Gasteiger partial charge is 0.310 e. The number of rotatable bonds is 9. The number of fused-ring (bicyclic) bond motifs is 3. The summed E-state index contributed by atoms with van der Waals surface area (Å²) in [5.41, 5.74) is 16.0. The van der Waals surface area contributed by atoms with E-state index in [1.807, 2.05) is 30.3 Å². The lowest BCUT2D eigenvalue weighted by Crippen LogP contribution is -2.10. The fourth-order valence-corrected chi connectivity index (χ4v) is 8.71. The Kier molecular flexibility index (Phi) is 8.23. The van der Waals surface area contributed by atoms with Crippen molar-refractivity contribution >= 4 is 38.9 Å². The number of anilines is 3. The molecule has 0 bridgehead atoms. The van der Waals surface area contributed by atoms with Crippen molar-refractivity contribution in [1.29, 1.82) is 0 Å². The van der Waals surface area contributed by atoms with Crippen molar-refractivity contribution in [2.75, 3.05) is 4.90 Å². The highest BCUT2D eigenvalue weighted by Gasteiger charge is 2.18. The molecule has 0 aliphatic carbocycles. The van der Waals surface area contributed by atoms with Gasteiger partial charge in [0.1, 0.15) is 0 Å². The van der Waals surface area contributed by atoms with Gasteiger partial charge < -0.3 is 9.47 Å². The number of para-hydroxylation sites is 2. The molecule has 11 rings (SSSR count). The van der Waals surface area contributed by atoms with Crippen LogP contribution < -0.4 is 4.90 Å². The summed E-state index contributed by atoms with van der Waals surface area (Å²) in [5.74, 6) is 0. The van der Waals surface area contributed by atoms with E-state index in [4.69, 9.17) is 6.85 Å². The van der Waals surface area contributed by atoms with Crippen LogP contribution in [0.1, 0.15) is 6.85 Å². The summed E-state index contributed by atoms with van der Waals surface area (Å²) >= 11 is 0. The average Bonchev–Trinajstić information content (AvgIpc) is 3.74. The van der Waals surface area contributed by atoms with Gasteiger partial charge in [-0.2, -0.15) is 0 Å². The first-order valence-electron chi connectivity index (χ1n) is 23.3. The maximum absolute atomic E-state index is 8.46. The van der Waals surface area contributed by atoms with E-state index >= 15 is 0 Å². The molecule has 292 valence electrons. The first-order chi connectivity index (χ1) is 32.8. The van der Waals surface area contributed by atoms with Crippen LogP contribution in [0.2, 0.25) is 0 Å². The van der Waals surface area contributed by atoms with E-state index < -0.39 is 6.04 Å². The first kappa shape index (κ1) is 31.7. The van der Waals surface area contributed by atoms with Gasteiger partial charge in [-0.3, -0.25) is 0 Å². The molecule has 0 unspecified atom stereocenters. The van der Waals surface area contributed by atoms with Crippen molar-refractivity contribution in [2.24, 2.45) is 0 Å². The van der Waals surface area contributed by atoms with Gasteiger partial charge in [-0.15, -0.1) is 0 Å². The molecule has 0 amide bonds. The van der Waals surface area contributed by atoms with Gasteiger partial charge in [0.25, 0.3) is 0 Å². The minimum absolute atomic E-state index is 0.195. The fourth-order valence-electron chi connectivity index (χ4n) is 8.71. The third-order valence-electron chi connectivity index (χ3n) is 11.7. The van der Waals surface area contributed by atoms with E-state index in [0.29, 0.717) is 5.56 Å². The second kappa shape index (κ2) is 16.1. The van der Waals surface area contributed by atoms with E-state index in [1.54, 1.807) is 0 Å². The second-order valence-electron chi connectivity index (χ2n) is 15.4. The molecule has 0 saturated carbocycles. The molecule has 62 heavy (non-hydrogen) atoms. The van der Waals surface area contributed by atoms with Gasteiger partial charge in [0.2, 0.25) is 0 Å². The van der Waals surface area contributed by atoms with Crippen LogP contribution in [0, 0.1) is 0 Å². The molecule has 2 heteroatoms. The van der Waals surface area contributed by atoms with Gasteiger partial charge in [-0.25, -0.2) is 0 Å². The normalized spacial score (nSPS) is 12.4. The van der Waals surface area contributed by atoms with Crippen molar-refractivity contribution in [3.8, 4) is 61.3 Å². The van der Waals surface area contributed by atoms with Gasteiger partial charge in [0, 0.05) is 33.5 Å². The number of benzene rings is 10. The SMILES string of the molecule is [2H]c1c([2H])c([2H])c(-c2ccc(-c3ccc(N(c4ccc(-c5ccccc5)cc4)c4cccc(-c5cccc(-c6cccc7c6c6ccccc6n7-c6ccccc6)c5)c4)cc3)cc2)c([2H])c1[2H]. The van der Waals surface area contributed by atoms with Crippen LogP contribution in [0.5, 0.6) is 0 Å². The highest BCUT2D eigenvalue weighted by molar-refractivity contribution is 6.15. The predicted octanol–water partition coefficient (Wildman–Crippen LogP) is 16.6. The third kappa shape index (κ3) is 6.94. The molecule has 1 aromatic heterocycles. The molecule has 0 aliphatic rings. The Hall–Kier alpha value is -8.20. The minimum Gasteiger partial charge on any atom is -0.310 e. The van der Waals surface area contributed by atoms with Crippen molar-refractivity contribution in [3.63, 3.8) is 0 Å². The molecule has 0 aliphatic heterocycles. The lowest BCUT2D eigenvalue weighted by atomic mass is 9.95. The average molecular weight is 796 g/mol. The Balaban J connectivity index is 0.966. The Morgan fingerprint density at radius 3 is 1.48 bits per heavy atom. The van der Waals surface area contributed by atoms with Crippen LogP contribution >= 0.6 is 0 Å². The summed E-state index contributed by atoms with van der Waals surface area (Å²) in [6, 6.07) is 77.0. The number of hydrogen-bond donors (Lipinski definition) is 0. The maximum Gasteiger partial charge on any atom is 0.0629 e. The molecule has 0 N–H and O–H groups in total. The number of hydrogen-bond acceptors (Lipinski definition) is 1. The van der Waals surface area contributed by atoms with Crippen LogP contribution in [-0.2, 0) is 0 Å². The zero-order valence-electron chi connectivity index (χ0n) is 38.8. The zero-order chi connectivity index (χ0) is 45.6. The van der Waals surface area contributed by atoms with Crippen LogP contribution in [0.3, 0.4) is 0 Å². The summed E-state index contributed by atoms with van der Waals surface area (Å²) < 4.78 is 43.6. The molecule has 0 atom stereocenters. The first-order valence-corrected chi connectivity index (χ1v) is 20.8. The Bertz CT molecular complexity index is 3580. The van der Waals surface area contributed by atoms with Crippen molar-refractivity contribution < 1.29 is 6.85 Å². The van der Waals surface area contributed by atoms with Crippen LogP contribution in [0.4, 0.5) is 17.1 Å². The third-order valence-corrected chi connectivity index (χ3v) is 11.7. The molecule has 0 radical (unpaired) electrons. The van der Waals surface area contributed by atoms with Crippen molar-refractivity contribution in [1.82, 2.24) is 4.57 Å². The molecule has 10 aromatic carbocycles. The molecule has 11 aromatic rings. The van der Waals surface area contributed by atoms with Crippen LogP contribution in [0.15, 0.2) is 255 Å². The molecule has 0 spiro atoms. The fraction of sp³-hybridized carbons (Fsp3) is 0. The van der Waals surface area contributed by atoms with E-state index in [1.165, 1.54) is 27.4 Å². The highest BCUT2D eigenvalue weighted by atomic mass is 15.1. The smallest absolute Gasteiger partial charge is 0.0629 e. The lowest BCUT2D eigenvalue weighted by molar-refractivity contribution is 1.18. The van der Waals surface area contributed by atoms with Gasteiger partial charge in [-0.05, 0) is 122 Å². The quantitative estimate of drug-likeness (QED) is 0.141. The van der Waals surface area contributed by atoms with E-state index in [0.717, 1.165) is 61.7 Å². The monoisotopic (exact) mass is 795 g/mol. The minimum atomic E-state index is -0.397. The molecule has 0 saturated heterocycles. The Labute approximate surface area is 369 Å². The zero-order valence-corrected chi connectivity index (χ0v) is 33.8. The standard InChI is InChI=1S/C60H42N2/c1-4-15-43(16-5-1)45-29-31-46(32-30-45)48-35-39-54(40-36-48)61(53-37-33-47(34-38-53)44-17-6-2-7-18-44)55-24-13-20-50(42-55)49-19-12-21-51(41-49)56-26-14-28-59-60(56)57-25-10-11-27-58(57)62(59)52-22-8-3-9-23-52/h1-42H/i1D,4D,5D,15D,16D. The van der Waals surface area contributed by atoms with Crippen LogP contribution in [-0.4, -0.2) is 4.57 Å². The Morgan fingerprint density at radius 2 is 0.806 bits per heavy atom. The van der Waals surface area contributed by atoms with Crippen LogP contribution in [0.25, 0.3) is 83.1 Å². The predicted molar refractivity (Wildman–Crippen MR) is 263 cm³/mol. The van der Waals surface area contributed by atoms with E-state index in [9.17, 15) is 0 Å². The molecule has 1 heterocycles. The Morgan fingerprint density at radius 1 is 0.323 bits per heavy atom. The van der Waals surface area contributed by atoms with Crippen molar-refractivity contribution in [2.45, 2.75) is 0 Å². The van der Waals surface area contributed by atoms with E-state index in [2.05, 4.69) is 204 Å². The van der Waals surface area contributed by atoms with Gasteiger partial charge in [0.05, 0.1) is 17.9 Å². The summed E-state index contributed by atoms with van der Waals surface area (Å²) in [6.45, 7) is 0. The molecule has 0 fully saturated rings. The number of aromatic nitrogens is 1. The van der Waals surface area contributed by atoms with Gasteiger partial charge in [-0.1, -0.05) is 188 Å². The summed E-state index contributed by atoms with van der Waals surface area (Å²) in [4.78, 5) is 2.28. The summed E-state index contributed by atoms with van der Waals surface area (Å²) in [7, 11) is 0. The van der Waals surface area contributed by atoms with Gasteiger partial charge in [0.15, 0.2) is 0 Å². The lowest BCUT2D eigenvalue weighted by Gasteiger charge is -2.26. The molecular weight excluding hydrogens is 749 g/mol. The van der Waals surface area contributed by atoms with Gasteiger partial charge >= 0.3 is 0 Å². The maximum atomic E-state index is 8.46. The summed E-state index contributed by atoms with van der Waals surface area (Å²) in [5, 5.41) is 2.45. The second-order valence-corrected chi connectivity index (χ2v) is 15.4. The summed E-state index contributed by atoms with van der Waals surface area (Å²) in [6.07, 6.45) is 0. The van der Waals surface area contributed by atoms with Crippen molar-refractivity contribution in [3.05, 3.63) is 255 Å². The topological polar surface area (TPSA) is 8.17 Å². The highest BCUT2D eigenvalue weighted by Crippen LogP contribution is 2.41. The molecule has 2 nitrogen and oxygen atoms in total. The molecular formula is C60H42N2. The van der Waals surface area contributed by atoms with E-state index in [-0.39, 0.29) is 29.7 Å².